The maximum atomic E-state index is 12.1. The zero-order valence-electron chi connectivity index (χ0n) is 14.1. The summed E-state index contributed by atoms with van der Waals surface area (Å²) in [5.74, 6) is -0.0287. The van der Waals surface area contributed by atoms with Crippen LogP contribution in [-0.2, 0) is 16.1 Å². The maximum absolute atomic E-state index is 12.1. The molecule has 1 aliphatic rings. The lowest BCUT2D eigenvalue weighted by molar-refractivity contribution is -0.132. The van der Waals surface area contributed by atoms with Crippen LogP contribution in [0.5, 0.6) is 0 Å². The first kappa shape index (κ1) is 18.0. The number of rotatable bonds is 7. The number of nitrogens with zero attached hydrogens (tertiary/aromatic N) is 3. The van der Waals surface area contributed by atoms with Crippen LogP contribution in [0, 0.1) is 11.3 Å². The first-order chi connectivity index (χ1) is 11.6. The first-order valence-corrected chi connectivity index (χ1v) is 8.29. The number of likely N-dealkylation sites (tertiary alicyclic amines) is 1. The third kappa shape index (κ3) is 5.07. The number of hydrogen-bond acceptors (Lipinski definition) is 4. The number of benzene rings is 1. The van der Waals surface area contributed by atoms with Gasteiger partial charge in [0, 0.05) is 33.1 Å². The minimum absolute atomic E-state index is 0.0369. The second-order valence-corrected chi connectivity index (χ2v) is 6.04. The van der Waals surface area contributed by atoms with Crippen molar-refractivity contribution in [2.24, 2.45) is 0 Å². The standard InChI is InChI=1S/C18H24N4O2/c1-21(14-15-6-3-2-4-7-15)17(23)9-10-20-13-18(24)22-11-5-8-16(22)12-19/h2-4,6-7,16,20H,5,8-11,13-14H2,1H3. The van der Waals surface area contributed by atoms with Crippen LogP contribution in [0.2, 0.25) is 0 Å². The van der Waals surface area contributed by atoms with E-state index in [0.717, 1.165) is 18.4 Å². The maximum Gasteiger partial charge on any atom is 0.237 e. The van der Waals surface area contributed by atoms with Crippen molar-refractivity contribution in [2.45, 2.75) is 31.8 Å². The van der Waals surface area contributed by atoms with Gasteiger partial charge in [0.05, 0.1) is 12.6 Å². The first-order valence-electron chi connectivity index (χ1n) is 8.29. The van der Waals surface area contributed by atoms with Gasteiger partial charge >= 0.3 is 0 Å². The second-order valence-electron chi connectivity index (χ2n) is 6.04. The summed E-state index contributed by atoms with van der Waals surface area (Å²) < 4.78 is 0. The van der Waals surface area contributed by atoms with Crippen LogP contribution in [0.25, 0.3) is 0 Å². The summed E-state index contributed by atoms with van der Waals surface area (Å²) in [5.41, 5.74) is 1.09. The van der Waals surface area contributed by atoms with Gasteiger partial charge in [-0.25, -0.2) is 0 Å². The van der Waals surface area contributed by atoms with Crippen LogP contribution in [0.1, 0.15) is 24.8 Å². The predicted octanol–water partition coefficient (Wildman–Crippen LogP) is 1.14. The van der Waals surface area contributed by atoms with Gasteiger partial charge in [0.15, 0.2) is 0 Å². The average Bonchev–Trinajstić information content (AvgIpc) is 3.08. The fourth-order valence-corrected chi connectivity index (χ4v) is 2.83. The Kier molecular flexibility index (Phi) is 6.76. The summed E-state index contributed by atoms with van der Waals surface area (Å²) in [6.07, 6.45) is 1.98. The van der Waals surface area contributed by atoms with E-state index < -0.39 is 0 Å². The normalized spacial score (nSPS) is 16.7. The van der Waals surface area contributed by atoms with E-state index in [1.165, 1.54) is 0 Å². The molecular weight excluding hydrogens is 304 g/mol. The monoisotopic (exact) mass is 328 g/mol. The van der Waals surface area contributed by atoms with Crippen LogP contribution in [0.4, 0.5) is 0 Å². The van der Waals surface area contributed by atoms with Crippen LogP contribution in [0.3, 0.4) is 0 Å². The van der Waals surface area contributed by atoms with Crippen LogP contribution < -0.4 is 5.32 Å². The lowest BCUT2D eigenvalue weighted by Gasteiger charge is -2.20. The van der Waals surface area contributed by atoms with E-state index in [9.17, 15) is 9.59 Å². The number of carbonyl (C=O) groups excluding carboxylic acids is 2. The Morgan fingerprint density at radius 3 is 2.83 bits per heavy atom. The Balaban J connectivity index is 1.65. The Bertz CT molecular complexity index is 597. The Labute approximate surface area is 143 Å². The Morgan fingerprint density at radius 1 is 1.38 bits per heavy atom. The van der Waals surface area contributed by atoms with Gasteiger partial charge < -0.3 is 15.1 Å². The number of nitrogens with one attached hydrogen (secondary N) is 1. The summed E-state index contributed by atoms with van der Waals surface area (Å²) in [5, 5.41) is 12.0. The van der Waals surface area contributed by atoms with Gasteiger partial charge in [-0.05, 0) is 18.4 Å². The van der Waals surface area contributed by atoms with E-state index >= 15 is 0 Å². The summed E-state index contributed by atoms with van der Waals surface area (Å²) in [6.45, 7) is 1.86. The Hall–Kier alpha value is -2.39. The summed E-state index contributed by atoms with van der Waals surface area (Å²) in [7, 11) is 1.78. The molecule has 0 saturated carbocycles. The largest absolute Gasteiger partial charge is 0.341 e. The van der Waals surface area contributed by atoms with Crippen molar-refractivity contribution in [3.05, 3.63) is 35.9 Å². The van der Waals surface area contributed by atoms with Gasteiger partial charge in [0.1, 0.15) is 6.04 Å². The molecule has 128 valence electrons. The lowest BCUT2D eigenvalue weighted by atomic mass is 10.2. The summed E-state index contributed by atoms with van der Waals surface area (Å²) in [4.78, 5) is 27.5. The molecule has 0 aromatic heterocycles. The van der Waals surface area contributed by atoms with Crippen molar-refractivity contribution in [3.63, 3.8) is 0 Å². The predicted molar refractivity (Wildman–Crippen MR) is 90.8 cm³/mol. The van der Waals surface area contributed by atoms with Crippen molar-refractivity contribution in [1.29, 1.82) is 5.26 Å². The molecule has 1 aliphatic heterocycles. The fourth-order valence-electron chi connectivity index (χ4n) is 2.83. The molecular formula is C18H24N4O2. The quantitative estimate of drug-likeness (QED) is 0.762. The molecule has 1 heterocycles. The molecule has 6 heteroatoms. The van der Waals surface area contributed by atoms with Crippen LogP contribution >= 0.6 is 0 Å². The minimum atomic E-state index is -0.294. The average molecular weight is 328 g/mol. The molecule has 1 N–H and O–H groups in total. The van der Waals surface area contributed by atoms with E-state index in [1.54, 1.807) is 16.8 Å². The van der Waals surface area contributed by atoms with Gasteiger partial charge in [-0.2, -0.15) is 5.26 Å². The minimum Gasteiger partial charge on any atom is -0.341 e. The van der Waals surface area contributed by atoms with E-state index in [-0.39, 0.29) is 24.4 Å². The van der Waals surface area contributed by atoms with E-state index in [4.69, 9.17) is 5.26 Å². The van der Waals surface area contributed by atoms with Crippen LogP contribution in [0.15, 0.2) is 30.3 Å². The van der Waals surface area contributed by atoms with Gasteiger partial charge in [-0.1, -0.05) is 30.3 Å². The van der Waals surface area contributed by atoms with Crippen molar-refractivity contribution in [1.82, 2.24) is 15.1 Å². The molecule has 0 radical (unpaired) electrons. The fraction of sp³-hybridized carbons (Fsp3) is 0.500. The molecule has 1 fully saturated rings. The van der Waals surface area contributed by atoms with Gasteiger partial charge in [0.2, 0.25) is 11.8 Å². The van der Waals surface area contributed by atoms with Crippen molar-refractivity contribution >= 4 is 11.8 Å². The van der Waals surface area contributed by atoms with E-state index in [0.29, 0.717) is 26.1 Å². The third-order valence-electron chi connectivity index (χ3n) is 4.20. The van der Waals surface area contributed by atoms with Crippen molar-refractivity contribution in [3.8, 4) is 6.07 Å². The molecule has 1 unspecified atom stereocenters. The van der Waals surface area contributed by atoms with Gasteiger partial charge in [-0.3, -0.25) is 9.59 Å². The molecule has 1 aromatic carbocycles. The molecule has 1 saturated heterocycles. The molecule has 0 bridgehead atoms. The van der Waals surface area contributed by atoms with Gasteiger partial charge in [-0.15, -0.1) is 0 Å². The SMILES string of the molecule is CN(Cc1ccccc1)C(=O)CCNCC(=O)N1CCCC1C#N. The molecule has 0 aliphatic carbocycles. The molecule has 0 spiro atoms. The highest BCUT2D eigenvalue weighted by atomic mass is 16.2. The zero-order valence-corrected chi connectivity index (χ0v) is 14.1. The highest BCUT2D eigenvalue weighted by Gasteiger charge is 2.27. The molecule has 2 rings (SSSR count). The smallest absolute Gasteiger partial charge is 0.237 e. The Morgan fingerprint density at radius 2 is 2.12 bits per heavy atom. The van der Waals surface area contributed by atoms with Gasteiger partial charge in [0.25, 0.3) is 0 Å². The molecule has 1 aromatic rings. The van der Waals surface area contributed by atoms with Crippen molar-refractivity contribution < 1.29 is 9.59 Å². The van der Waals surface area contributed by atoms with E-state index in [1.807, 2.05) is 30.3 Å². The highest BCUT2D eigenvalue weighted by Crippen LogP contribution is 2.15. The number of hydrogen-bond donors (Lipinski definition) is 1. The number of carbonyl (C=O) groups is 2. The zero-order chi connectivity index (χ0) is 17.4. The molecule has 1 atom stereocenters. The topological polar surface area (TPSA) is 76.4 Å². The lowest BCUT2D eigenvalue weighted by Crippen LogP contribution is -2.41. The molecule has 2 amide bonds. The second kappa shape index (κ2) is 9.04. The molecule has 24 heavy (non-hydrogen) atoms. The third-order valence-corrected chi connectivity index (χ3v) is 4.20. The van der Waals surface area contributed by atoms with Crippen molar-refractivity contribution in [2.75, 3.05) is 26.7 Å². The number of amides is 2. The van der Waals surface area contributed by atoms with Crippen LogP contribution in [-0.4, -0.2) is 54.3 Å². The highest BCUT2D eigenvalue weighted by molar-refractivity contribution is 5.79. The number of nitriles is 1. The van der Waals surface area contributed by atoms with E-state index in [2.05, 4.69) is 11.4 Å². The summed E-state index contributed by atoms with van der Waals surface area (Å²) in [6, 6.07) is 11.7. The summed E-state index contributed by atoms with van der Waals surface area (Å²) >= 11 is 0. The molecule has 6 nitrogen and oxygen atoms in total.